The average molecular weight is 374 g/mol. The Morgan fingerprint density at radius 2 is 1.94 bits per heavy atom. The molecule has 4 heteroatoms. The van der Waals surface area contributed by atoms with Gasteiger partial charge in [0, 0.05) is 36.2 Å². The van der Waals surface area contributed by atoms with Crippen LogP contribution in [0, 0.1) is 11.3 Å². The molecule has 0 bridgehead atoms. The van der Waals surface area contributed by atoms with Crippen LogP contribution in [-0.2, 0) is 6.42 Å². The van der Waals surface area contributed by atoms with E-state index in [1.54, 1.807) is 0 Å². The maximum atomic E-state index is 8.69. The van der Waals surface area contributed by atoms with Crippen molar-refractivity contribution in [3.8, 4) is 6.07 Å². The summed E-state index contributed by atoms with van der Waals surface area (Å²) < 4.78 is 0. The van der Waals surface area contributed by atoms with E-state index in [0.29, 0.717) is 11.2 Å². The molecule has 0 aromatic heterocycles. The number of benzene rings is 1. The van der Waals surface area contributed by atoms with E-state index in [4.69, 9.17) is 5.26 Å². The average Bonchev–Trinajstić information content (AvgIpc) is 2.42. The van der Waals surface area contributed by atoms with E-state index in [9.17, 15) is 0 Å². The highest BCUT2D eigenvalue weighted by Gasteiger charge is 2.10. The summed E-state index contributed by atoms with van der Waals surface area (Å²) in [4.78, 5) is 2.78. The SMILES string of the molecule is N#CCCN(CCc1ccccc1)C[C@H](Br)CBr. The normalized spacial score (nSPS) is 12.3. The monoisotopic (exact) mass is 372 g/mol. The molecular weight excluding hydrogens is 356 g/mol. The molecule has 2 nitrogen and oxygen atoms in total. The molecule has 1 aromatic carbocycles. The quantitative estimate of drug-likeness (QED) is 0.651. The molecule has 0 saturated carbocycles. The zero-order valence-corrected chi connectivity index (χ0v) is 13.5. The van der Waals surface area contributed by atoms with Gasteiger partial charge in [0.25, 0.3) is 0 Å². The molecule has 1 atom stereocenters. The van der Waals surface area contributed by atoms with Gasteiger partial charge in [-0.05, 0) is 12.0 Å². The van der Waals surface area contributed by atoms with Crippen molar-refractivity contribution in [3.63, 3.8) is 0 Å². The Hall–Kier alpha value is -0.370. The molecule has 0 aliphatic carbocycles. The summed E-state index contributed by atoms with van der Waals surface area (Å²) in [5.41, 5.74) is 1.35. The van der Waals surface area contributed by atoms with Crippen LogP contribution in [-0.4, -0.2) is 34.7 Å². The van der Waals surface area contributed by atoms with Crippen molar-refractivity contribution in [2.24, 2.45) is 0 Å². The zero-order valence-electron chi connectivity index (χ0n) is 10.4. The Balaban J connectivity index is 2.42. The first-order chi connectivity index (χ1) is 8.76. The van der Waals surface area contributed by atoms with Crippen LogP contribution in [0.4, 0.5) is 0 Å². The van der Waals surface area contributed by atoms with Gasteiger partial charge < -0.3 is 4.90 Å². The number of nitrogens with zero attached hydrogens (tertiary/aromatic N) is 2. The van der Waals surface area contributed by atoms with Gasteiger partial charge in [0.2, 0.25) is 0 Å². The highest BCUT2D eigenvalue weighted by molar-refractivity contribution is 9.12. The predicted octanol–water partition coefficient (Wildman–Crippen LogP) is 3.60. The predicted molar refractivity (Wildman–Crippen MR) is 83.3 cm³/mol. The van der Waals surface area contributed by atoms with Gasteiger partial charge in [0.15, 0.2) is 0 Å². The van der Waals surface area contributed by atoms with Gasteiger partial charge in [-0.15, -0.1) is 0 Å². The van der Waals surface area contributed by atoms with Crippen LogP contribution >= 0.6 is 31.9 Å². The Morgan fingerprint density at radius 1 is 1.22 bits per heavy atom. The van der Waals surface area contributed by atoms with Crippen LogP contribution in [0.25, 0.3) is 0 Å². The number of rotatable bonds is 8. The van der Waals surface area contributed by atoms with Gasteiger partial charge in [0.1, 0.15) is 0 Å². The Labute approximate surface area is 126 Å². The molecule has 0 aliphatic rings. The zero-order chi connectivity index (χ0) is 13.2. The molecule has 0 heterocycles. The topological polar surface area (TPSA) is 27.0 Å². The van der Waals surface area contributed by atoms with E-state index in [1.165, 1.54) is 5.56 Å². The number of hydrogen-bond donors (Lipinski definition) is 0. The highest BCUT2D eigenvalue weighted by atomic mass is 79.9. The second-order valence-corrected chi connectivity index (χ2v) is 6.14. The number of hydrogen-bond acceptors (Lipinski definition) is 2. The van der Waals surface area contributed by atoms with E-state index in [2.05, 4.69) is 67.1 Å². The number of nitriles is 1. The summed E-state index contributed by atoms with van der Waals surface area (Å²) >= 11 is 7.09. The van der Waals surface area contributed by atoms with E-state index in [-0.39, 0.29) is 0 Å². The molecule has 1 aromatic rings. The van der Waals surface area contributed by atoms with Gasteiger partial charge in [-0.3, -0.25) is 0 Å². The van der Waals surface area contributed by atoms with Crippen molar-refractivity contribution >= 4 is 31.9 Å². The fourth-order valence-electron chi connectivity index (χ4n) is 1.76. The summed E-state index contributed by atoms with van der Waals surface area (Å²) in [5, 5.41) is 9.63. The van der Waals surface area contributed by atoms with Gasteiger partial charge >= 0.3 is 0 Å². The minimum absolute atomic E-state index is 0.437. The van der Waals surface area contributed by atoms with E-state index in [0.717, 1.165) is 31.4 Å². The van der Waals surface area contributed by atoms with Crippen LogP contribution in [0.5, 0.6) is 0 Å². The third-order valence-corrected chi connectivity index (χ3v) is 4.99. The Bertz CT molecular complexity index is 362. The van der Waals surface area contributed by atoms with Crippen molar-refractivity contribution in [1.82, 2.24) is 4.90 Å². The molecule has 0 unspecified atom stereocenters. The number of halogens is 2. The Morgan fingerprint density at radius 3 is 2.56 bits per heavy atom. The lowest BCUT2D eigenvalue weighted by molar-refractivity contribution is 0.289. The van der Waals surface area contributed by atoms with Crippen molar-refractivity contribution in [1.29, 1.82) is 5.26 Å². The van der Waals surface area contributed by atoms with Crippen LogP contribution in [0.15, 0.2) is 30.3 Å². The molecule has 0 fully saturated rings. The minimum Gasteiger partial charge on any atom is -0.301 e. The maximum Gasteiger partial charge on any atom is 0.0635 e. The molecule has 98 valence electrons. The third kappa shape index (κ3) is 6.53. The van der Waals surface area contributed by atoms with Crippen molar-refractivity contribution in [3.05, 3.63) is 35.9 Å². The smallest absolute Gasteiger partial charge is 0.0635 e. The lowest BCUT2D eigenvalue weighted by Gasteiger charge is -2.23. The fraction of sp³-hybridized carbons (Fsp3) is 0.500. The largest absolute Gasteiger partial charge is 0.301 e. The van der Waals surface area contributed by atoms with Crippen molar-refractivity contribution < 1.29 is 0 Å². The van der Waals surface area contributed by atoms with Crippen molar-refractivity contribution in [2.75, 3.05) is 25.0 Å². The molecule has 0 aliphatic heterocycles. The summed E-state index contributed by atoms with van der Waals surface area (Å²) in [7, 11) is 0. The van der Waals surface area contributed by atoms with E-state index < -0.39 is 0 Å². The third-order valence-electron chi connectivity index (χ3n) is 2.72. The molecule has 0 N–H and O–H groups in total. The second kappa shape index (κ2) is 9.55. The van der Waals surface area contributed by atoms with Gasteiger partial charge in [-0.25, -0.2) is 0 Å². The second-order valence-electron chi connectivity index (χ2n) is 4.20. The van der Waals surface area contributed by atoms with Gasteiger partial charge in [0.05, 0.1) is 6.07 Å². The highest BCUT2D eigenvalue weighted by Crippen LogP contribution is 2.08. The van der Waals surface area contributed by atoms with Crippen LogP contribution in [0.1, 0.15) is 12.0 Å². The number of alkyl halides is 2. The molecule has 0 saturated heterocycles. The Kier molecular flexibility index (Phi) is 8.32. The standard InChI is InChI=1S/C14H18Br2N2/c15-11-14(16)12-18(9-4-8-17)10-7-13-5-2-1-3-6-13/h1-3,5-6,14H,4,7,9-12H2/t14-/m1/s1. The van der Waals surface area contributed by atoms with Gasteiger partial charge in [-0.2, -0.15) is 5.26 Å². The molecule has 0 spiro atoms. The van der Waals surface area contributed by atoms with Gasteiger partial charge in [-0.1, -0.05) is 62.2 Å². The van der Waals surface area contributed by atoms with Crippen LogP contribution < -0.4 is 0 Å². The van der Waals surface area contributed by atoms with Crippen molar-refractivity contribution in [2.45, 2.75) is 17.7 Å². The summed E-state index contributed by atoms with van der Waals surface area (Å²) in [6.07, 6.45) is 1.63. The summed E-state index contributed by atoms with van der Waals surface area (Å²) in [6, 6.07) is 12.7. The first-order valence-corrected chi connectivity index (χ1v) is 8.13. The fourth-order valence-corrected chi connectivity index (χ4v) is 2.38. The first kappa shape index (κ1) is 15.7. The lowest BCUT2D eigenvalue weighted by Crippen LogP contribution is -2.33. The molecule has 0 amide bonds. The maximum absolute atomic E-state index is 8.69. The van der Waals surface area contributed by atoms with E-state index in [1.807, 2.05) is 6.07 Å². The van der Waals surface area contributed by atoms with Crippen LogP contribution in [0.3, 0.4) is 0 Å². The molecular formula is C14H18Br2N2. The first-order valence-electron chi connectivity index (χ1n) is 6.09. The van der Waals surface area contributed by atoms with Crippen LogP contribution in [0.2, 0.25) is 0 Å². The van der Waals surface area contributed by atoms with E-state index >= 15 is 0 Å². The minimum atomic E-state index is 0.437. The molecule has 0 radical (unpaired) electrons. The lowest BCUT2D eigenvalue weighted by atomic mass is 10.1. The molecule has 18 heavy (non-hydrogen) atoms. The molecule has 1 rings (SSSR count). The summed E-state index contributed by atoms with van der Waals surface area (Å²) in [5.74, 6) is 0. The summed E-state index contributed by atoms with van der Waals surface area (Å²) in [6.45, 7) is 2.82.